The molecule has 0 amide bonds. The predicted molar refractivity (Wildman–Crippen MR) is 119 cm³/mol. The predicted octanol–water partition coefficient (Wildman–Crippen LogP) is 4.33. The topological polar surface area (TPSA) is 94.2 Å². The van der Waals surface area contributed by atoms with Crippen molar-refractivity contribution in [2.45, 2.75) is 17.4 Å². The maximum absolute atomic E-state index is 13.3. The summed E-state index contributed by atoms with van der Waals surface area (Å²) in [7, 11) is -2.03. The van der Waals surface area contributed by atoms with Crippen molar-refractivity contribution in [3.8, 4) is 0 Å². The maximum Gasteiger partial charge on any atom is 0.269 e. The van der Waals surface area contributed by atoms with E-state index >= 15 is 0 Å². The number of nitro benzene ring substituents is 1. The third-order valence-corrected chi connectivity index (χ3v) is 7.08. The van der Waals surface area contributed by atoms with Crippen LogP contribution in [0, 0.1) is 10.1 Å². The van der Waals surface area contributed by atoms with Gasteiger partial charge >= 0.3 is 0 Å². The van der Waals surface area contributed by atoms with Crippen LogP contribution in [0.3, 0.4) is 0 Å². The summed E-state index contributed by atoms with van der Waals surface area (Å²) >= 11 is 0. The Morgan fingerprint density at radius 1 is 0.935 bits per heavy atom. The first-order chi connectivity index (χ1) is 14.7. The first kappa shape index (κ1) is 20.8. The molecule has 31 heavy (non-hydrogen) atoms. The van der Waals surface area contributed by atoms with E-state index in [0.717, 1.165) is 22.0 Å². The molecule has 0 aliphatic rings. The second-order valence-electron chi connectivity index (χ2n) is 7.55. The van der Waals surface area contributed by atoms with Crippen molar-refractivity contribution in [3.05, 3.63) is 106 Å². The molecule has 0 saturated heterocycles. The molecule has 1 aromatic heterocycles. The second-order valence-corrected chi connectivity index (χ2v) is 9.23. The van der Waals surface area contributed by atoms with Gasteiger partial charge in [-0.05, 0) is 53.8 Å². The quantitative estimate of drug-likeness (QED) is 0.360. The van der Waals surface area contributed by atoms with Gasteiger partial charge in [-0.2, -0.15) is 4.72 Å². The minimum Gasteiger partial charge on any atom is -0.351 e. The highest BCUT2D eigenvalue weighted by Crippen LogP contribution is 2.33. The van der Waals surface area contributed by atoms with Crippen LogP contribution < -0.4 is 4.72 Å². The van der Waals surface area contributed by atoms with E-state index in [2.05, 4.69) is 4.72 Å². The highest BCUT2D eigenvalue weighted by atomic mass is 32.2. The molecule has 0 unspecified atom stereocenters. The summed E-state index contributed by atoms with van der Waals surface area (Å²) in [5.41, 5.74) is 1.36. The van der Waals surface area contributed by atoms with Crippen molar-refractivity contribution in [1.82, 2.24) is 9.29 Å². The Kier molecular flexibility index (Phi) is 5.12. The molecule has 0 aliphatic carbocycles. The SMILES string of the molecule is Cn1ccc2cc([C@](C)(NS(=O)(=O)c3ccc([N+](=O)[O-])cc3)c3ccccc3)ccc21. The van der Waals surface area contributed by atoms with Crippen molar-refractivity contribution >= 4 is 26.6 Å². The Labute approximate surface area is 180 Å². The Morgan fingerprint density at radius 3 is 2.26 bits per heavy atom. The van der Waals surface area contributed by atoms with Crippen LogP contribution in [0.4, 0.5) is 5.69 Å². The summed E-state index contributed by atoms with van der Waals surface area (Å²) in [4.78, 5) is 10.3. The van der Waals surface area contributed by atoms with Crippen LogP contribution in [0.5, 0.6) is 0 Å². The minimum absolute atomic E-state index is 0.0407. The van der Waals surface area contributed by atoms with Crippen LogP contribution in [-0.4, -0.2) is 17.9 Å². The van der Waals surface area contributed by atoms with Crippen molar-refractivity contribution < 1.29 is 13.3 Å². The van der Waals surface area contributed by atoms with Gasteiger partial charge in [-0.25, -0.2) is 8.42 Å². The van der Waals surface area contributed by atoms with E-state index < -0.39 is 20.5 Å². The number of benzene rings is 3. The van der Waals surface area contributed by atoms with Crippen molar-refractivity contribution in [3.63, 3.8) is 0 Å². The van der Waals surface area contributed by atoms with Crippen LogP contribution in [0.2, 0.25) is 0 Å². The first-order valence-corrected chi connectivity index (χ1v) is 11.1. The number of hydrogen-bond acceptors (Lipinski definition) is 4. The molecule has 158 valence electrons. The van der Waals surface area contributed by atoms with Crippen LogP contribution in [0.15, 0.2) is 90.0 Å². The Bertz CT molecular complexity index is 1360. The summed E-state index contributed by atoms with van der Waals surface area (Å²) in [6, 6.07) is 22.0. The third kappa shape index (κ3) is 3.83. The molecule has 1 atom stereocenters. The molecule has 0 aliphatic heterocycles. The molecule has 4 aromatic rings. The van der Waals surface area contributed by atoms with E-state index in [0.29, 0.717) is 0 Å². The van der Waals surface area contributed by atoms with Gasteiger partial charge in [0.1, 0.15) is 0 Å². The van der Waals surface area contributed by atoms with E-state index in [1.807, 2.05) is 79.3 Å². The number of nitrogens with one attached hydrogen (secondary N) is 1. The molecule has 0 radical (unpaired) electrons. The first-order valence-electron chi connectivity index (χ1n) is 9.60. The molecule has 1 heterocycles. The number of aromatic nitrogens is 1. The molecule has 0 fully saturated rings. The average Bonchev–Trinajstić information content (AvgIpc) is 3.14. The van der Waals surface area contributed by atoms with Crippen LogP contribution in [0.25, 0.3) is 10.9 Å². The third-order valence-electron chi connectivity index (χ3n) is 5.51. The molecule has 7 nitrogen and oxygen atoms in total. The zero-order valence-corrected chi connectivity index (χ0v) is 17.8. The number of rotatable bonds is 6. The largest absolute Gasteiger partial charge is 0.351 e. The summed E-state index contributed by atoms with van der Waals surface area (Å²) < 4.78 is 31.4. The maximum atomic E-state index is 13.3. The number of nitrogens with zero attached hydrogens (tertiary/aromatic N) is 2. The zero-order valence-electron chi connectivity index (χ0n) is 17.0. The molecular weight excluding hydrogens is 414 g/mol. The smallest absolute Gasteiger partial charge is 0.269 e. The lowest BCUT2D eigenvalue weighted by Crippen LogP contribution is -2.44. The van der Waals surface area contributed by atoms with Gasteiger partial charge in [0, 0.05) is 30.9 Å². The number of hydrogen-bond donors (Lipinski definition) is 1. The standard InChI is InChI=1S/C23H21N3O4S/c1-23(18-6-4-3-5-7-18,19-8-13-22-17(16-19)14-15-25(22)2)24-31(29,30)21-11-9-20(10-12-21)26(27)28/h3-16,24H,1-2H3/t23-/m1/s1. The molecule has 4 rings (SSSR count). The van der Waals surface area contributed by atoms with Gasteiger partial charge in [-0.1, -0.05) is 36.4 Å². The fourth-order valence-electron chi connectivity index (χ4n) is 3.72. The van der Waals surface area contributed by atoms with E-state index in [9.17, 15) is 18.5 Å². The normalized spacial score (nSPS) is 13.7. The highest BCUT2D eigenvalue weighted by Gasteiger charge is 2.34. The van der Waals surface area contributed by atoms with Crippen molar-refractivity contribution in [2.75, 3.05) is 0 Å². The lowest BCUT2D eigenvalue weighted by Gasteiger charge is -2.32. The van der Waals surface area contributed by atoms with Gasteiger partial charge in [0.05, 0.1) is 15.4 Å². The van der Waals surface area contributed by atoms with Gasteiger partial charge in [-0.15, -0.1) is 0 Å². The fourth-order valence-corrected chi connectivity index (χ4v) is 5.11. The minimum atomic E-state index is -3.98. The Hall–Kier alpha value is -3.49. The van der Waals surface area contributed by atoms with Gasteiger partial charge in [0.15, 0.2) is 0 Å². The van der Waals surface area contributed by atoms with Crippen LogP contribution in [-0.2, 0) is 22.6 Å². The average molecular weight is 436 g/mol. The Morgan fingerprint density at radius 2 is 1.61 bits per heavy atom. The van der Waals surface area contributed by atoms with Crippen LogP contribution in [0.1, 0.15) is 18.1 Å². The highest BCUT2D eigenvalue weighted by molar-refractivity contribution is 7.89. The zero-order chi connectivity index (χ0) is 22.2. The molecule has 0 saturated carbocycles. The van der Waals surface area contributed by atoms with Gasteiger partial charge < -0.3 is 4.57 Å². The monoisotopic (exact) mass is 435 g/mol. The number of fused-ring (bicyclic) bond motifs is 1. The lowest BCUT2D eigenvalue weighted by molar-refractivity contribution is -0.384. The molecule has 1 N–H and O–H groups in total. The van der Waals surface area contributed by atoms with E-state index in [1.54, 1.807) is 0 Å². The second kappa shape index (κ2) is 7.64. The summed E-state index contributed by atoms with van der Waals surface area (Å²) in [6.45, 7) is 1.81. The summed E-state index contributed by atoms with van der Waals surface area (Å²) in [6.07, 6.45) is 1.95. The molecule has 0 bridgehead atoms. The lowest BCUT2D eigenvalue weighted by atomic mass is 9.85. The van der Waals surface area contributed by atoms with E-state index in [1.165, 1.54) is 24.3 Å². The van der Waals surface area contributed by atoms with Crippen LogP contribution >= 0.6 is 0 Å². The number of non-ortho nitro benzene ring substituents is 1. The summed E-state index contributed by atoms with van der Waals surface area (Å²) in [5, 5.41) is 11.9. The van der Waals surface area contributed by atoms with E-state index in [-0.39, 0.29) is 10.6 Å². The van der Waals surface area contributed by atoms with E-state index in [4.69, 9.17) is 0 Å². The number of nitro groups is 1. The number of aryl methyl sites for hydroxylation is 1. The molecule has 8 heteroatoms. The molecular formula is C23H21N3O4S. The summed E-state index contributed by atoms with van der Waals surface area (Å²) in [5.74, 6) is 0. The van der Waals surface area contributed by atoms with Gasteiger partial charge in [0.25, 0.3) is 5.69 Å². The Balaban J connectivity index is 1.82. The van der Waals surface area contributed by atoms with Gasteiger partial charge in [0.2, 0.25) is 10.0 Å². The number of sulfonamides is 1. The fraction of sp³-hybridized carbons (Fsp3) is 0.130. The van der Waals surface area contributed by atoms with Gasteiger partial charge in [-0.3, -0.25) is 10.1 Å². The van der Waals surface area contributed by atoms with Crippen molar-refractivity contribution in [2.24, 2.45) is 7.05 Å². The molecule has 0 spiro atoms. The van der Waals surface area contributed by atoms with Crippen molar-refractivity contribution in [1.29, 1.82) is 0 Å². The molecule has 3 aromatic carbocycles.